The zero-order valence-electron chi connectivity index (χ0n) is 16.1. The number of aromatic nitrogens is 1. The predicted octanol–water partition coefficient (Wildman–Crippen LogP) is 3.35. The molecular formula is C23H21FN2O2S. The number of benzene rings is 2. The van der Waals surface area contributed by atoms with E-state index in [1.54, 1.807) is 29.1 Å². The maximum atomic E-state index is 13.3. The first-order chi connectivity index (χ1) is 13.9. The van der Waals surface area contributed by atoms with Gasteiger partial charge in [-0.1, -0.05) is 30.4 Å². The maximum Gasteiger partial charge on any atom is 0.238 e. The van der Waals surface area contributed by atoms with Crippen molar-refractivity contribution < 1.29 is 19.2 Å². The molecule has 0 amide bonds. The summed E-state index contributed by atoms with van der Waals surface area (Å²) in [6.07, 6.45) is 3.33. The number of thiocarbonyl (C=S) groups is 1. The summed E-state index contributed by atoms with van der Waals surface area (Å²) in [6, 6.07) is 14.6. The van der Waals surface area contributed by atoms with Crippen molar-refractivity contribution in [3.05, 3.63) is 95.1 Å². The number of nitrogens with zero attached hydrogens (tertiary/aromatic N) is 1. The van der Waals surface area contributed by atoms with Gasteiger partial charge in [0, 0.05) is 17.3 Å². The van der Waals surface area contributed by atoms with Crippen LogP contribution in [-0.4, -0.2) is 10.1 Å². The molecule has 148 valence electrons. The van der Waals surface area contributed by atoms with E-state index in [1.807, 2.05) is 32.0 Å². The second kappa shape index (κ2) is 8.94. The van der Waals surface area contributed by atoms with Gasteiger partial charge < -0.3 is 15.5 Å². The lowest BCUT2D eigenvalue weighted by molar-refractivity contribution is -0.578. The van der Waals surface area contributed by atoms with Crippen molar-refractivity contribution >= 4 is 34.3 Å². The minimum Gasteiger partial charge on any atom is -0.867 e. The van der Waals surface area contributed by atoms with Crippen molar-refractivity contribution in [3.63, 3.8) is 0 Å². The van der Waals surface area contributed by atoms with Crippen LogP contribution in [0.4, 0.5) is 10.1 Å². The topological polar surface area (TPSA) is 59.2 Å². The second-order valence-electron chi connectivity index (χ2n) is 6.72. The van der Waals surface area contributed by atoms with Crippen LogP contribution in [0.15, 0.2) is 67.0 Å². The fourth-order valence-electron chi connectivity index (χ4n) is 2.84. The third-order valence-electron chi connectivity index (χ3n) is 4.60. The summed E-state index contributed by atoms with van der Waals surface area (Å²) in [5.74, 6) is -0.778. The number of anilines is 1. The summed E-state index contributed by atoms with van der Waals surface area (Å²) in [7, 11) is 0. The molecule has 29 heavy (non-hydrogen) atoms. The molecule has 0 saturated carbocycles. The molecule has 3 aromatic rings. The second-order valence-corrected chi connectivity index (χ2v) is 7.12. The number of aliphatic hydroxyl groups is 1. The lowest BCUT2D eigenvalue weighted by Gasteiger charge is -2.17. The fourth-order valence-corrected chi connectivity index (χ4v) is 3.16. The predicted molar refractivity (Wildman–Crippen MR) is 114 cm³/mol. The molecule has 0 radical (unpaired) electrons. The Balaban J connectivity index is 2.08. The van der Waals surface area contributed by atoms with Gasteiger partial charge in [0.1, 0.15) is 5.82 Å². The first kappa shape index (κ1) is 20.6. The summed E-state index contributed by atoms with van der Waals surface area (Å²) in [5, 5.41) is 25.8. The first-order valence-corrected chi connectivity index (χ1v) is 9.47. The van der Waals surface area contributed by atoms with Crippen LogP contribution < -0.4 is 15.0 Å². The molecule has 1 aromatic heterocycles. The van der Waals surface area contributed by atoms with E-state index in [-0.39, 0.29) is 23.1 Å². The SMILES string of the molecule is Cc1ccc(NC(=S)C(=C([O-])c2ccc(F)cc2)[n+]2cccc(CO)c2)cc1C. The van der Waals surface area contributed by atoms with Crippen LogP contribution in [0, 0.1) is 19.7 Å². The molecule has 2 aromatic carbocycles. The summed E-state index contributed by atoms with van der Waals surface area (Å²) in [6.45, 7) is 3.84. The fraction of sp³-hybridized carbons (Fsp3) is 0.130. The lowest BCUT2D eigenvalue weighted by atomic mass is 10.1. The van der Waals surface area contributed by atoms with Crippen LogP contribution in [0.5, 0.6) is 0 Å². The van der Waals surface area contributed by atoms with Crippen LogP contribution in [0.1, 0.15) is 22.3 Å². The number of rotatable bonds is 5. The Hall–Kier alpha value is -3.09. The molecule has 0 bridgehead atoms. The van der Waals surface area contributed by atoms with Gasteiger partial charge in [0.15, 0.2) is 17.4 Å². The van der Waals surface area contributed by atoms with Crippen LogP contribution in [-0.2, 0) is 6.61 Å². The number of aliphatic hydroxyl groups excluding tert-OH is 1. The van der Waals surface area contributed by atoms with Crippen LogP contribution >= 0.6 is 12.2 Å². The molecule has 0 saturated heterocycles. The Morgan fingerprint density at radius 3 is 2.48 bits per heavy atom. The monoisotopic (exact) mass is 408 g/mol. The van der Waals surface area contributed by atoms with E-state index in [0.29, 0.717) is 11.1 Å². The number of nitrogens with one attached hydrogen (secondary N) is 1. The molecule has 0 aliphatic heterocycles. The van der Waals surface area contributed by atoms with Gasteiger partial charge >= 0.3 is 0 Å². The first-order valence-electron chi connectivity index (χ1n) is 9.06. The summed E-state index contributed by atoms with van der Waals surface area (Å²) >= 11 is 5.57. The lowest BCUT2D eigenvalue weighted by Crippen LogP contribution is -2.40. The average molecular weight is 408 g/mol. The molecule has 6 heteroatoms. The van der Waals surface area contributed by atoms with Crippen molar-refractivity contribution in [2.75, 3.05) is 5.32 Å². The number of hydrogen-bond donors (Lipinski definition) is 2. The molecule has 0 spiro atoms. The molecule has 3 rings (SSSR count). The third-order valence-corrected chi connectivity index (χ3v) is 4.90. The van der Waals surface area contributed by atoms with Gasteiger partial charge in [-0.05, 0) is 66.6 Å². The van der Waals surface area contributed by atoms with Gasteiger partial charge in [0.2, 0.25) is 5.70 Å². The molecule has 0 aliphatic carbocycles. The van der Waals surface area contributed by atoms with Gasteiger partial charge in [0.05, 0.1) is 6.61 Å². The summed E-state index contributed by atoms with van der Waals surface area (Å²) in [4.78, 5) is 0.225. The number of pyridine rings is 1. The van der Waals surface area contributed by atoms with E-state index in [0.717, 1.165) is 16.8 Å². The van der Waals surface area contributed by atoms with Crippen molar-refractivity contribution in [1.29, 1.82) is 0 Å². The van der Waals surface area contributed by atoms with Crippen molar-refractivity contribution in [2.24, 2.45) is 0 Å². The Kier molecular flexibility index (Phi) is 6.36. The Labute approximate surface area is 174 Å². The van der Waals surface area contributed by atoms with E-state index < -0.39 is 5.82 Å². The number of halogens is 1. The van der Waals surface area contributed by atoms with Gasteiger partial charge in [-0.25, -0.2) is 4.39 Å². The van der Waals surface area contributed by atoms with E-state index in [1.165, 1.54) is 24.3 Å². The quantitative estimate of drug-likeness (QED) is 0.294. The molecule has 0 unspecified atom stereocenters. The van der Waals surface area contributed by atoms with Crippen LogP contribution in [0.25, 0.3) is 11.5 Å². The molecule has 0 aliphatic rings. The van der Waals surface area contributed by atoms with Gasteiger partial charge in [0.25, 0.3) is 0 Å². The molecule has 4 nitrogen and oxygen atoms in total. The average Bonchev–Trinajstić information content (AvgIpc) is 2.71. The highest BCUT2D eigenvalue weighted by Crippen LogP contribution is 2.19. The summed E-state index contributed by atoms with van der Waals surface area (Å²) in [5.41, 5.74) is 4.16. The highest BCUT2D eigenvalue weighted by molar-refractivity contribution is 7.81. The highest BCUT2D eigenvalue weighted by atomic mass is 32.1. The normalized spacial score (nSPS) is 11.7. The van der Waals surface area contributed by atoms with E-state index >= 15 is 0 Å². The smallest absolute Gasteiger partial charge is 0.238 e. The van der Waals surface area contributed by atoms with Gasteiger partial charge in [-0.2, -0.15) is 4.57 Å². The minimum atomic E-state index is -0.422. The standard InChI is InChI=1S/C23H21FN2O2S/c1-15-5-10-20(12-16(15)2)25-23(29)21(26-11-3-4-17(13-26)14-27)22(28)18-6-8-19(24)9-7-18/h3-13,27H,14H2,1-2H3,(H-,25,28,29). The Morgan fingerprint density at radius 1 is 1.10 bits per heavy atom. The molecular weight excluding hydrogens is 387 g/mol. The number of hydrogen-bond acceptors (Lipinski definition) is 3. The molecule has 0 fully saturated rings. The zero-order chi connectivity index (χ0) is 21.0. The van der Waals surface area contributed by atoms with E-state index in [4.69, 9.17) is 12.2 Å². The van der Waals surface area contributed by atoms with E-state index in [9.17, 15) is 14.6 Å². The van der Waals surface area contributed by atoms with Crippen molar-refractivity contribution in [1.82, 2.24) is 0 Å². The molecule has 1 heterocycles. The van der Waals surface area contributed by atoms with Crippen LogP contribution in [0.3, 0.4) is 0 Å². The molecule has 2 N–H and O–H groups in total. The van der Waals surface area contributed by atoms with Gasteiger partial charge in [-0.15, -0.1) is 0 Å². The Morgan fingerprint density at radius 2 is 1.83 bits per heavy atom. The third kappa shape index (κ3) is 4.85. The summed E-state index contributed by atoms with van der Waals surface area (Å²) < 4.78 is 14.9. The minimum absolute atomic E-state index is 0.170. The largest absolute Gasteiger partial charge is 0.867 e. The highest BCUT2D eigenvalue weighted by Gasteiger charge is 2.19. The van der Waals surface area contributed by atoms with Gasteiger partial charge in [-0.3, -0.25) is 0 Å². The number of aryl methyl sites for hydroxylation is 2. The maximum absolute atomic E-state index is 13.3. The zero-order valence-corrected chi connectivity index (χ0v) is 17.0. The Bertz CT molecular complexity index is 1080. The van der Waals surface area contributed by atoms with Crippen molar-refractivity contribution in [2.45, 2.75) is 20.5 Å². The van der Waals surface area contributed by atoms with Crippen LogP contribution in [0.2, 0.25) is 0 Å². The van der Waals surface area contributed by atoms with Crippen molar-refractivity contribution in [3.8, 4) is 0 Å². The molecule has 0 atom stereocenters. The van der Waals surface area contributed by atoms with E-state index in [2.05, 4.69) is 5.32 Å².